The van der Waals surface area contributed by atoms with Gasteiger partial charge in [0.25, 0.3) is 0 Å². The Labute approximate surface area is 95.3 Å². The number of hydrogen-bond acceptors (Lipinski definition) is 4. The summed E-state index contributed by atoms with van der Waals surface area (Å²) in [5, 5.41) is 3.53. The lowest BCUT2D eigenvalue weighted by atomic mass is 9.92. The van der Waals surface area contributed by atoms with Crippen molar-refractivity contribution >= 4 is 23.4 Å². The van der Waals surface area contributed by atoms with Crippen LogP contribution in [-0.4, -0.2) is 16.5 Å². The van der Waals surface area contributed by atoms with Crippen LogP contribution in [0.1, 0.15) is 27.2 Å². The molecule has 4 nitrogen and oxygen atoms in total. The smallest absolute Gasteiger partial charge is 0.223 e. The van der Waals surface area contributed by atoms with Crippen LogP contribution in [0.2, 0.25) is 5.15 Å². The quantitative estimate of drug-likeness (QED) is 0.781. The highest BCUT2D eigenvalue weighted by atomic mass is 35.5. The molecular weight excluding hydrogens is 212 g/mol. The van der Waals surface area contributed by atoms with Gasteiger partial charge in [-0.05, 0) is 11.8 Å². The Balaban J connectivity index is 2.51. The molecule has 1 aromatic rings. The summed E-state index contributed by atoms with van der Waals surface area (Å²) >= 11 is 5.75. The first-order chi connectivity index (χ1) is 6.87. The highest BCUT2D eigenvalue weighted by Crippen LogP contribution is 2.19. The van der Waals surface area contributed by atoms with Crippen LogP contribution in [0.5, 0.6) is 0 Å². The summed E-state index contributed by atoms with van der Waals surface area (Å²) in [4.78, 5) is 7.81. The molecule has 1 rings (SSSR count). The maximum atomic E-state index is 5.75. The maximum Gasteiger partial charge on any atom is 0.223 e. The summed E-state index contributed by atoms with van der Waals surface area (Å²) in [5.74, 6) is 0.873. The molecule has 1 aromatic heterocycles. The number of hydrogen-bond donors (Lipinski definition) is 2. The first-order valence-corrected chi connectivity index (χ1v) is 5.28. The van der Waals surface area contributed by atoms with E-state index in [-0.39, 0.29) is 5.95 Å². The number of aromatic nitrogens is 2. The van der Waals surface area contributed by atoms with Gasteiger partial charge < -0.3 is 11.1 Å². The average molecular weight is 229 g/mol. The number of halogens is 1. The zero-order chi connectivity index (χ0) is 11.5. The average Bonchev–Trinajstić information content (AvgIpc) is 1.99. The van der Waals surface area contributed by atoms with Gasteiger partial charge in [0.1, 0.15) is 11.0 Å². The molecule has 0 saturated carbocycles. The monoisotopic (exact) mass is 228 g/mol. The molecule has 84 valence electrons. The Morgan fingerprint density at radius 1 is 1.40 bits per heavy atom. The topological polar surface area (TPSA) is 63.8 Å². The second-order valence-electron chi connectivity index (χ2n) is 4.67. The van der Waals surface area contributed by atoms with Gasteiger partial charge in [-0.3, -0.25) is 0 Å². The van der Waals surface area contributed by atoms with E-state index < -0.39 is 0 Å². The molecule has 1 heterocycles. The van der Waals surface area contributed by atoms with Crippen molar-refractivity contribution in [2.75, 3.05) is 17.6 Å². The first-order valence-electron chi connectivity index (χ1n) is 4.91. The lowest BCUT2D eigenvalue weighted by molar-refractivity contribution is 0.389. The van der Waals surface area contributed by atoms with Crippen molar-refractivity contribution in [2.24, 2.45) is 5.41 Å². The molecule has 0 aliphatic heterocycles. The molecule has 0 aliphatic rings. The molecule has 0 bridgehead atoms. The lowest BCUT2D eigenvalue weighted by Gasteiger charge is -2.18. The number of nitrogens with zero attached hydrogens (tertiary/aromatic N) is 2. The van der Waals surface area contributed by atoms with Crippen molar-refractivity contribution < 1.29 is 0 Å². The van der Waals surface area contributed by atoms with Gasteiger partial charge >= 0.3 is 0 Å². The highest BCUT2D eigenvalue weighted by molar-refractivity contribution is 6.29. The SMILES string of the molecule is CC(C)(C)CCNc1cc(Cl)nc(N)n1. The van der Waals surface area contributed by atoms with E-state index in [1.165, 1.54) is 0 Å². The normalized spacial score (nSPS) is 11.5. The summed E-state index contributed by atoms with van der Waals surface area (Å²) in [6, 6.07) is 1.67. The van der Waals surface area contributed by atoms with Gasteiger partial charge in [-0.2, -0.15) is 4.98 Å². The van der Waals surface area contributed by atoms with Crippen LogP contribution < -0.4 is 11.1 Å². The van der Waals surface area contributed by atoms with Gasteiger partial charge in [0.05, 0.1) is 0 Å². The Morgan fingerprint density at radius 3 is 2.60 bits per heavy atom. The number of nitrogens with one attached hydrogen (secondary N) is 1. The van der Waals surface area contributed by atoms with Gasteiger partial charge in [-0.1, -0.05) is 32.4 Å². The van der Waals surface area contributed by atoms with Crippen molar-refractivity contribution in [3.05, 3.63) is 11.2 Å². The van der Waals surface area contributed by atoms with Crippen molar-refractivity contribution in [1.29, 1.82) is 0 Å². The highest BCUT2D eigenvalue weighted by Gasteiger charge is 2.09. The van der Waals surface area contributed by atoms with E-state index in [9.17, 15) is 0 Å². The van der Waals surface area contributed by atoms with Crippen LogP contribution in [-0.2, 0) is 0 Å². The zero-order valence-corrected chi connectivity index (χ0v) is 10.1. The number of anilines is 2. The summed E-state index contributed by atoms with van der Waals surface area (Å²) in [6.45, 7) is 7.41. The molecule has 15 heavy (non-hydrogen) atoms. The maximum absolute atomic E-state index is 5.75. The molecule has 0 aliphatic carbocycles. The van der Waals surface area contributed by atoms with Crippen molar-refractivity contribution in [3.63, 3.8) is 0 Å². The zero-order valence-electron chi connectivity index (χ0n) is 9.34. The van der Waals surface area contributed by atoms with Crippen LogP contribution in [0, 0.1) is 5.41 Å². The molecule has 0 radical (unpaired) electrons. The minimum atomic E-state index is 0.195. The predicted molar refractivity (Wildman–Crippen MR) is 64.0 cm³/mol. The van der Waals surface area contributed by atoms with Gasteiger partial charge in [0.2, 0.25) is 5.95 Å². The minimum absolute atomic E-state index is 0.195. The van der Waals surface area contributed by atoms with Gasteiger partial charge in [-0.25, -0.2) is 4.98 Å². The fraction of sp³-hybridized carbons (Fsp3) is 0.600. The minimum Gasteiger partial charge on any atom is -0.370 e. The third-order valence-electron chi connectivity index (χ3n) is 1.89. The molecule has 0 saturated heterocycles. The molecule has 3 N–H and O–H groups in total. The van der Waals surface area contributed by atoms with E-state index in [0.717, 1.165) is 13.0 Å². The molecule has 0 aromatic carbocycles. The lowest BCUT2D eigenvalue weighted by Crippen LogP contribution is -2.13. The number of rotatable bonds is 3. The Kier molecular flexibility index (Phi) is 3.74. The van der Waals surface area contributed by atoms with Crippen LogP contribution >= 0.6 is 11.6 Å². The number of nitrogens with two attached hydrogens (primary N) is 1. The third-order valence-corrected chi connectivity index (χ3v) is 2.09. The standard InChI is InChI=1S/C10H17ClN4/c1-10(2,3)4-5-13-8-6-7(11)14-9(12)15-8/h6H,4-5H2,1-3H3,(H3,12,13,14,15). The Bertz CT molecular complexity index is 312. The van der Waals surface area contributed by atoms with E-state index in [1.807, 2.05) is 0 Å². The van der Waals surface area contributed by atoms with Gasteiger partial charge in [-0.15, -0.1) is 0 Å². The molecule has 0 amide bonds. The van der Waals surface area contributed by atoms with E-state index in [0.29, 0.717) is 16.4 Å². The Hall–Kier alpha value is -1.03. The molecule has 0 unspecified atom stereocenters. The van der Waals surface area contributed by atoms with E-state index >= 15 is 0 Å². The van der Waals surface area contributed by atoms with Crippen LogP contribution in [0.25, 0.3) is 0 Å². The van der Waals surface area contributed by atoms with Crippen LogP contribution in [0.3, 0.4) is 0 Å². The fourth-order valence-corrected chi connectivity index (χ4v) is 1.28. The fourth-order valence-electron chi connectivity index (χ4n) is 1.09. The van der Waals surface area contributed by atoms with Gasteiger partial charge in [0.15, 0.2) is 0 Å². The molecular formula is C10H17ClN4. The largest absolute Gasteiger partial charge is 0.370 e. The third kappa shape index (κ3) is 4.83. The van der Waals surface area contributed by atoms with Crippen molar-refractivity contribution in [3.8, 4) is 0 Å². The number of nitrogen functional groups attached to an aromatic ring is 1. The summed E-state index contributed by atoms with van der Waals surface area (Å²) in [5.41, 5.74) is 5.77. The van der Waals surface area contributed by atoms with Crippen LogP contribution in [0.4, 0.5) is 11.8 Å². The Morgan fingerprint density at radius 2 is 2.07 bits per heavy atom. The molecule has 0 spiro atoms. The van der Waals surface area contributed by atoms with Crippen LogP contribution in [0.15, 0.2) is 6.07 Å². The summed E-state index contributed by atoms with van der Waals surface area (Å²) in [7, 11) is 0. The van der Waals surface area contributed by atoms with E-state index in [2.05, 4.69) is 36.1 Å². The second-order valence-corrected chi connectivity index (χ2v) is 5.06. The molecule has 0 atom stereocenters. The van der Waals surface area contributed by atoms with E-state index in [4.69, 9.17) is 17.3 Å². The second kappa shape index (κ2) is 4.66. The van der Waals surface area contributed by atoms with E-state index in [1.54, 1.807) is 6.07 Å². The first kappa shape index (κ1) is 12.0. The summed E-state index contributed by atoms with van der Waals surface area (Å²) in [6.07, 6.45) is 1.05. The van der Waals surface area contributed by atoms with Crippen molar-refractivity contribution in [1.82, 2.24) is 9.97 Å². The van der Waals surface area contributed by atoms with Crippen molar-refractivity contribution in [2.45, 2.75) is 27.2 Å². The molecule has 5 heteroatoms. The summed E-state index contributed by atoms with van der Waals surface area (Å²) < 4.78 is 0. The van der Waals surface area contributed by atoms with Gasteiger partial charge in [0, 0.05) is 12.6 Å². The molecule has 0 fully saturated rings. The predicted octanol–water partition coefficient (Wildman–Crippen LogP) is 2.56.